The molecule has 1 aromatic rings. The number of tetrazole rings is 1. The van der Waals surface area contributed by atoms with Crippen LogP contribution in [-0.2, 0) is 25.7 Å². The van der Waals surface area contributed by atoms with Crippen LogP contribution in [0.1, 0.15) is 20.3 Å². The Hall–Kier alpha value is -3.08. The van der Waals surface area contributed by atoms with Crippen LogP contribution >= 0.6 is 11.8 Å². The number of rotatable bonds is 8. The van der Waals surface area contributed by atoms with Crippen LogP contribution in [0.3, 0.4) is 0 Å². The summed E-state index contributed by atoms with van der Waals surface area (Å²) >= 11 is 1.41. The van der Waals surface area contributed by atoms with Crippen molar-refractivity contribution in [3.8, 4) is 0 Å². The zero-order valence-electron chi connectivity index (χ0n) is 21.1. The average Bonchev–Trinajstić information content (AvgIpc) is 3.63. The van der Waals surface area contributed by atoms with E-state index in [9.17, 15) is 24.3 Å². The van der Waals surface area contributed by atoms with E-state index in [2.05, 4.69) is 26.2 Å². The molecule has 2 unspecified atom stereocenters. The van der Waals surface area contributed by atoms with Crippen molar-refractivity contribution in [3.63, 3.8) is 0 Å². The fourth-order valence-corrected chi connectivity index (χ4v) is 7.38. The SMILES string of the molecule is C[C@@H](NC(=O)Cn1cnnn1)[C@H]1C(=O)N2C(C(=O)O)=C(S[C@@H]3CN[C@H](C(=O)N4CC(N)C(N)C4)C3)[C@H](C)[C@H]12. The van der Waals surface area contributed by atoms with Crippen LogP contribution in [0, 0.1) is 11.8 Å². The second-order valence-corrected chi connectivity index (χ2v) is 11.7. The third-order valence-corrected chi connectivity index (χ3v) is 9.33. The number of carbonyl (C=O) groups is 4. The standard InChI is InChI=1S/C22H32N10O5S/c1-9-17-16(10(2)27-15(33)7-31-8-26-28-29-31)21(35)32(17)18(22(36)37)19(9)38-11-3-14(25-4-11)20(34)30-5-12(23)13(24)6-30/h8-14,16-17,25H,3-7,23-24H2,1-2H3,(H,27,33)(H,36,37)/t9-,10-,11+,12?,13?,14+,16-,17-/m1/s1. The number of carboxylic acids is 1. The van der Waals surface area contributed by atoms with Gasteiger partial charge >= 0.3 is 5.97 Å². The minimum atomic E-state index is -1.16. The number of hydrogen-bond donors (Lipinski definition) is 5. The predicted octanol–water partition coefficient (Wildman–Crippen LogP) is -3.09. The van der Waals surface area contributed by atoms with Crippen molar-refractivity contribution in [2.45, 2.75) is 62.3 Å². The number of nitrogens with zero attached hydrogens (tertiary/aromatic N) is 6. The van der Waals surface area contributed by atoms with E-state index < -0.39 is 24.0 Å². The molecule has 0 aliphatic carbocycles. The van der Waals surface area contributed by atoms with E-state index in [-0.39, 0.29) is 59.3 Å². The summed E-state index contributed by atoms with van der Waals surface area (Å²) in [5.41, 5.74) is 11.9. The molecule has 0 radical (unpaired) electrons. The van der Waals surface area contributed by atoms with E-state index in [4.69, 9.17) is 11.5 Å². The molecule has 3 amide bonds. The lowest BCUT2D eigenvalue weighted by Gasteiger charge is -2.47. The molecule has 15 nitrogen and oxygen atoms in total. The number of hydrogen-bond acceptors (Lipinski definition) is 11. The number of amides is 3. The van der Waals surface area contributed by atoms with E-state index in [1.165, 1.54) is 27.7 Å². The van der Waals surface area contributed by atoms with Gasteiger partial charge in [-0.15, -0.1) is 16.9 Å². The number of aromatic nitrogens is 4. The van der Waals surface area contributed by atoms with Gasteiger partial charge in [-0.2, -0.15) is 0 Å². The number of nitrogens with one attached hydrogen (secondary N) is 2. The Morgan fingerprint density at radius 2 is 2.00 bits per heavy atom. The quantitative estimate of drug-likeness (QED) is 0.204. The van der Waals surface area contributed by atoms with Crippen LogP contribution < -0.4 is 22.1 Å². The number of thioether (sulfide) groups is 1. The molecule has 4 aliphatic heterocycles. The first-order valence-corrected chi connectivity index (χ1v) is 13.5. The van der Waals surface area contributed by atoms with Gasteiger partial charge < -0.3 is 37.0 Å². The molecular weight excluding hydrogens is 516 g/mol. The maximum Gasteiger partial charge on any atom is 0.353 e. The number of β-lactam (4-membered cyclic amide) rings is 1. The Balaban J connectivity index is 1.23. The Morgan fingerprint density at radius 1 is 1.29 bits per heavy atom. The van der Waals surface area contributed by atoms with Crippen LogP contribution in [0.2, 0.25) is 0 Å². The van der Waals surface area contributed by atoms with E-state index in [0.717, 1.165) is 0 Å². The first kappa shape index (κ1) is 26.5. The van der Waals surface area contributed by atoms with Crippen molar-refractivity contribution in [2.75, 3.05) is 19.6 Å². The molecule has 8 atom stereocenters. The van der Waals surface area contributed by atoms with Gasteiger partial charge in [-0.05, 0) is 23.8 Å². The van der Waals surface area contributed by atoms with Gasteiger partial charge in [0.2, 0.25) is 17.7 Å². The maximum absolute atomic E-state index is 13.1. The molecule has 1 aromatic heterocycles. The third-order valence-electron chi connectivity index (χ3n) is 7.82. The van der Waals surface area contributed by atoms with Crippen LogP contribution in [0.4, 0.5) is 0 Å². The van der Waals surface area contributed by atoms with Gasteiger partial charge in [0.05, 0.1) is 18.0 Å². The summed E-state index contributed by atoms with van der Waals surface area (Å²) in [5, 5.41) is 26.7. The number of carbonyl (C=O) groups excluding carboxylic acids is 3. The van der Waals surface area contributed by atoms with E-state index in [0.29, 0.717) is 31.0 Å². The molecule has 3 saturated heterocycles. The molecular formula is C22H32N10O5S. The Bertz CT molecular complexity index is 1150. The molecule has 16 heteroatoms. The van der Waals surface area contributed by atoms with Crippen molar-refractivity contribution in [1.82, 2.24) is 40.6 Å². The number of carboxylic acid groups (broad SMARTS) is 1. The molecule has 38 heavy (non-hydrogen) atoms. The lowest BCUT2D eigenvalue weighted by atomic mass is 9.78. The molecule has 5 heterocycles. The molecule has 0 bridgehead atoms. The number of likely N-dealkylation sites (tertiary alicyclic amines) is 1. The summed E-state index contributed by atoms with van der Waals surface area (Å²) < 4.78 is 1.27. The summed E-state index contributed by atoms with van der Waals surface area (Å²) in [4.78, 5) is 54.4. The van der Waals surface area contributed by atoms with Crippen molar-refractivity contribution < 1.29 is 24.3 Å². The Kier molecular flexibility index (Phi) is 7.15. The number of nitrogens with two attached hydrogens (primary N) is 2. The van der Waals surface area contributed by atoms with Crippen molar-refractivity contribution in [3.05, 3.63) is 16.9 Å². The molecule has 0 aromatic carbocycles. The molecule has 0 saturated carbocycles. The topological polar surface area (TPSA) is 215 Å². The van der Waals surface area contributed by atoms with Gasteiger partial charge in [0.15, 0.2) is 0 Å². The van der Waals surface area contributed by atoms with Gasteiger partial charge in [-0.3, -0.25) is 14.4 Å². The predicted molar refractivity (Wildman–Crippen MR) is 134 cm³/mol. The first-order valence-electron chi connectivity index (χ1n) is 12.6. The number of aliphatic carboxylic acids is 1. The highest BCUT2D eigenvalue weighted by molar-refractivity contribution is 8.03. The van der Waals surface area contributed by atoms with E-state index >= 15 is 0 Å². The van der Waals surface area contributed by atoms with Crippen molar-refractivity contribution in [1.29, 1.82) is 0 Å². The largest absolute Gasteiger partial charge is 0.477 e. The van der Waals surface area contributed by atoms with Crippen molar-refractivity contribution >= 4 is 35.5 Å². The fourth-order valence-electron chi connectivity index (χ4n) is 5.90. The van der Waals surface area contributed by atoms with E-state index in [1.807, 2.05) is 6.92 Å². The second-order valence-electron chi connectivity index (χ2n) is 10.4. The normalized spacial score (nSPS) is 33.4. The summed E-state index contributed by atoms with van der Waals surface area (Å²) in [6.07, 6.45) is 1.84. The van der Waals surface area contributed by atoms with Gasteiger partial charge in [-0.25, -0.2) is 9.48 Å². The summed E-state index contributed by atoms with van der Waals surface area (Å²) in [7, 11) is 0. The highest BCUT2D eigenvalue weighted by Gasteiger charge is 2.60. The van der Waals surface area contributed by atoms with E-state index in [1.54, 1.807) is 11.8 Å². The Labute approximate surface area is 222 Å². The molecule has 5 rings (SSSR count). The van der Waals surface area contributed by atoms with Crippen LogP contribution in [0.25, 0.3) is 0 Å². The number of fused-ring (bicyclic) bond motifs is 1. The monoisotopic (exact) mass is 548 g/mol. The average molecular weight is 549 g/mol. The first-order chi connectivity index (χ1) is 18.1. The second kappa shape index (κ2) is 10.2. The van der Waals surface area contributed by atoms with Crippen LogP contribution in [0.15, 0.2) is 16.9 Å². The Morgan fingerprint density at radius 3 is 2.63 bits per heavy atom. The minimum Gasteiger partial charge on any atom is -0.477 e. The van der Waals surface area contributed by atoms with Gasteiger partial charge in [0, 0.05) is 53.8 Å². The van der Waals surface area contributed by atoms with Crippen LogP contribution in [0.5, 0.6) is 0 Å². The van der Waals surface area contributed by atoms with Crippen molar-refractivity contribution in [2.24, 2.45) is 23.3 Å². The minimum absolute atomic E-state index is 0.00719. The maximum atomic E-state index is 13.1. The highest BCUT2D eigenvalue weighted by atomic mass is 32.2. The highest BCUT2D eigenvalue weighted by Crippen LogP contribution is 2.51. The zero-order chi connectivity index (χ0) is 27.3. The van der Waals surface area contributed by atoms with Gasteiger partial charge in [0.25, 0.3) is 0 Å². The third kappa shape index (κ3) is 4.65. The lowest BCUT2D eigenvalue weighted by Crippen LogP contribution is -2.66. The molecule has 206 valence electrons. The smallest absolute Gasteiger partial charge is 0.353 e. The molecule has 4 aliphatic rings. The summed E-state index contributed by atoms with van der Waals surface area (Å²) in [6, 6.07) is -1.76. The summed E-state index contributed by atoms with van der Waals surface area (Å²) in [5.74, 6) is -2.69. The molecule has 7 N–H and O–H groups in total. The molecule has 0 spiro atoms. The zero-order valence-corrected chi connectivity index (χ0v) is 21.9. The lowest BCUT2D eigenvalue weighted by molar-refractivity contribution is -0.158. The summed E-state index contributed by atoms with van der Waals surface area (Å²) in [6.45, 7) is 4.93. The molecule has 3 fully saturated rings. The van der Waals surface area contributed by atoms with Gasteiger partial charge in [0.1, 0.15) is 18.6 Å². The fraction of sp³-hybridized carbons (Fsp3) is 0.682. The van der Waals surface area contributed by atoms with Crippen LogP contribution in [-0.4, -0.2) is 114 Å². The van der Waals surface area contributed by atoms with Gasteiger partial charge in [-0.1, -0.05) is 6.92 Å².